The number of hydrogen-bond donors (Lipinski definition) is 2. The van der Waals surface area contributed by atoms with E-state index >= 15 is 0 Å². The number of carbonyl (C=O) groups excluding carboxylic acids is 2. The highest BCUT2D eigenvalue weighted by Gasteiger charge is 2.06. The third kappa shape index (κ3) is 5.62. The molecule has 0 unspecified atom stereocenters. The maximum Gasteiger partial charge on any atom is 0.312 e. The zero-order valence-electron chi connectivity index (χ0n) is 13.1. The fraction of sp³-hybridized carbons (Fsp3) is 0.333. The first kappa shape index (κ1) is 16.8. The van der Waals surface area contributed by atoms with Crippen LogP contribution >= 0.6 is 0 Å². The molecule has 0 spiro atoms. The van der Waals surface area contributed by atoms with Gasteiger partial charge in [0.05, 0.1) is 0 Å². The first-order chi connectivity index (χ1) is 11.2. The van der Waals surface area contributed by atoms with E-state index in [-0.39, 0.29) is 5.97 Å². The van der Waals surface area contributed by atoms with Crippen LogP contribution in [0.4, 0.5) is 4.79 Å². The van der Waals surface area contributed by atoms with E-state index in [4.69, 9.17) is 10.5 Å². The van der Waals surface area contributed by atoms with Gasteiger partial charge in [-0.15, -0.1) is 0 Å². The van der Waals surface area contributed by atoms with Crippen molar-refractivity contribution < 1.29 is 14.3 Å². The Morgan fingerprint density at radius 1 is 1.00 bits per heavy atom. The number of hydrogen-bond acceptors (Lipinski definition) is 3. The van der Waals surface area contributed by atoms with E-state index in [1.54, 1.807) is 0 Å². The Hall–Kier alpha value is -2.56. The van der Waals surface area contributed by atoms with Gasteiger partial charge in [0.1, 0.15) is 6.61 Å². The molecule has 2 amide bonds. The van der Waals surface area contributed by atoms with Gasteiger partial charge < -0.3 is 15.8 Å². The number of esters is 1. The maximum absolute atomic E-state index is 11.8. The molecule has 2 rings (SSSR count). The first-order valence-corrected chi connectivity index (χ1v) is 7.82. The van der Waals surface area contributed by atoms with Gasteiger partial charge in [-0.2, -0.15) is 0 Å². The van der Waals surface area contributed by atoms with Crippen LogP contribution in [0.3, 0.4) is 0 Å². The van der Waals surface area contributed by atoms with Gasteiger partial charge in [0.2, 0.25) is 0 Å². The Bertz CT molecular complexity index is 665. The van der Waals surface area contributed by atoms with Crippen molar-refractivity contribution >= 4 is 22.8 Å². The van der Waals surface area contributed by atoms with Crippen LogP contribution in [-0.2, 0) is 16.1 Å². The minimum atomic E-state index is -0.514. The van der Waals surface area contributed by atoms with Gasteiger partial charge in [-0.25, -0.2) is 4.79 Å². The van der Waals surface area contributed by atoms with Crippen LogP contribution < -0.4 is 11.1 Å². The van der Waals surface area contributed by atoms with Crippen molar-refractivity contribution in [3.8, 4) is 0 Å². The van der Waals surface area contributed by atoms with Crippen molar-refractivity contribution in [2.45, 2.75) is 32.3 Å². The normalized spacial score (nSPS) is 10.4. The van der Waals surface area contributed by atoms with Crippen LogP contribution in [0.2, 0.25) is 0 Å². The molecule has 0 heterocycles. The zero-order valence-corrected chi connectivity index (χ0v) is 13.1. The minimum absolute atomic E-state index is 0.194. The number of fused-ring (bicyclic) bond motifs is 1. The highest BCUT2D eigenvalue weighted by Crippen LogP contribution is 2.19. The number of unbranched alkanes of at least 4 members (excludes halogenated alkanes) is 2. The largest absolute Gasteiger partial charge is 0.461 e. The van der Waals surface area contributed by atoms with E-state index in [1.165, 1.54) is 0 Å². The molecule has 0 aliphatic carbocycles. The van der Waals surface area contributed by atoms with Crippen molar-refractivity contribution in [3.63, 3.8) is 0 Å². The molecule has 2 aromatic carbocycles. The molecule has 0 aliphatic rings. The van der Waals surface area contributed by atoms with Crippen LogP contribution in [-0.4, -0.2) is 18.5 Å². The Morgan fingerprint density at radius 2 is 1.78 bits per heavy atom. The SMILES string of the molecule is NC(=O)NCCCCCC(=O)OCc1cccc2ccccc12. The predicted molar refractivity (Wildman–Crippen MR) is 89.8 cm³/mol. The van der Waals surface area contributed by atoms with E-state index in [9.17, 15) is 9.59 Å². The predicted octanol–water partition coefficient (Wildman–Crippen LogP) is 3.11. The standard InChI is InChI=1S/C18H22N2O3/c19-18(22)20-12-5-1-2-11-17(21)23-13-15-9-6-8-14-7-3-4-10-16(14)15/h3-4,6-10H,1-2,5,11-13H2,(H3,19,20,22). The fourth-order valence-electron chi connectivity index (χ4n) is 2.43. The van der Waals surface area contributed by atoms with Crippen molar-refractivity contribution in [2.75, 3.05) is 6.54 Å². The lowest BCUT2D eigenvalue weighted by Crippen LogP contribution is -2.29. The molecule has 122 valence electrons. The second-order valence-electron chi connectivity index (χ2n) is 5.40. The van der Waals surface area contributed by atoms with Crippen molar-refractivity contribution in [1.82, 2.24) is 5.32 Å². The van der Waals surface area contributed by atoms with Gasteiger partial charge in [-0.1, -0.05) is 48.9 Å². The van der Waals surface area contributed by atoms with E-state index < -0.39 is 6.03 Å². The molecule has 0 atom stereocenters. The molecule has 0 aliphatic heterocycles. The van der Waals surface area contributed by atoms with Gasteiger partial charge >= 0.3 is 12.0 Å². The molecule has 23 heavy (non-hydrogen) atoms. The summed E-state index contributed by atoms with van der Waals surface area (Å²) in [6.45, 7) is 0.837. The molecule has 0 radical (unpaired) electrons. The van der Waals surface area contributed by atoms with Gasteiger partial charge in [-0.3, -0.25) is 4.79 Å². The second-order valence-corrected chi connectivity index (χ2v) is 5.40. The lowest BCUT2D eigenvalue weighted by atomic mass is 10.1. The lowest BCUT2D eigenvalue weighted by molar-refractivity contribution is -0.145. The number of primary amides is 1. The summed E-state index contributed by atoms with van der Waals surface area (Å²) in [5.41, 5.74) is 5.98. The molecular formula is C18H22N2O3. The summed E-state index contributed by atoms with van der Waals surface area (Å²) in [6.07, 6.45) is 2.79. The fourth-order valence-corrected chi connectivity index (χ4v) is 2.43. The summed E-state index contributed by atoms with van der Waals surface area (Å²) in [5, 5.41) is 4.77. The highest BCUT2D eigenvalue weighted by atomic mass is 16.5. The lowest BCUT2D eigenvalue weighted by Gasteiger charge is -2.08. The molecule has 3 N–H and O–H groups in total. The zero-order chi connectivity index (χ0) is 16.5. The third-order valence-corrected chi connectivity index (χ3v) is 3.63. The molecule has 5 nitrogen and oxygen atoms in total. The number of ether oxygens (including phenoxy) is 1. The number of amides is 2. The van der Waals surface area contributed by atoms with E-state index in [1.807, 2.05) is 42.5 Å². The number of benzene rings is 2. The molecule has 2 aromatic rings. The molecule has 0 bridgehead atoms. The monoisotopic (exact) mass is 314 g/mol. The van der Waals surface area contributed by atoms with Crippen LogP contribution in [0, 0.1) is 0 Å². The minimum Gasteiger partial charge on any atom is -0.461 e. The number of nitrogens with two attached hydrogens (primary N) is 1. The van der Waals surface area contributed by atoms with Gasteiger partial charge in [0.25, 0.3) is 0 Å². The topological polar surface area (TPSA) is 81.4 Å². The highest BCUT2D eigenvalue weighted by molar-refractivity contribution is 5.85. The van der Waals surface area contributed by atoms with Crippen molar-refractivity contribution in [2.24, 2.45) is 5.73 Å². The summed E-state index contributed by atoms with van der Waals surface area (Å²) in [6, 6.07) is 13.5. The molecule has 0 saturated carbocycles. The summed E-state index contributed by atoms with van der Waals surface area (Å²) in [7, 11) is 0. The quantitative estimate of drug-likeness (QED) is 0.580. The molecular weight excluding hydrogens is 292 g/mol. The van der Waals surface area contributed by atoms with Crippen LogP contribution in [0.1, 0.15) is 31.2 Å². The number of nitrogens with one attached hydrogen (secondary N) is 1. The van der Waals surface area contributed by atoms with E-state index in [0.717, 1.165) is 35.6 Å². The summed E-state index contributed by atoms with van der Waals surface area (Å²) in [4.78, 5) is 22.3. The first-order valence-electron chi connectivity index (χ1n) is 7.82. The van der Waals surface area contributed by atoms with Crippen LogP contribution in [0.5, 0.6) is 0 Å². The van der Waals surface area contributed by atoms with Gasteiger partial charge in [-0.05, 0) is 29.2 Å². The Kier molecular flexibility index (Phi) is 6.41. The Labute approximate surface area is 135 Å². The Morgan fingerprint density at radius 3 is 2.61 bits per heavy atom. The average Bonchev–Trinajstić information content (AvgIpc) is 2.55. The van der Waals surface area contributed by atoms with Crippen LogP contribution in [0.15, 0.2) is 42.5 Å². The van der Waals surface area contributed by atoms with Crippen molar-refractivity contribution in [3.05, 3.63) is 48.0 Å². The molecule has 5 heteroatoms. The van der Waals surface area contributed by atoms with E-state index in [2.05, 4.69) is 5.32 Å². The average molecular weight is 314 g/mol. The smallest absolute Gasteiger partial charge is 0.312 e. The summed E-state index contributed by atoms with van der Waals surface area (Å²) >= 11 is 0. The number of carbonyl (C=O) groups is 2. The Balaban J connectivity index is 1.71. The molecule has 0 fully saturated rings. The second kappa shape index (κ2) is 8.78. The molecule has 0 saturated heterocycles. The number of rotatable bonds is 8. The maximum atomic E-state index is 11.8. The van der Waals surface area contributed by atoms with Gasteiger partial charge in [0, 0.05) is 13.0 Å². The van der Waals surface area contributed by atoms with E-state index in [0.29, 0.717) is 19.6 Å². The van der Waals surface area contributed by atoms with Crippen LogP contribution in [0.25, 0.3) is 10.8 Å². The summed E-state index contributed by atoms with van der Waals surface area (Å²) in [5.74, 6) is -0.194. The van der Waals surface area contributed by atoms with Gasteiger partial charge in [0.15, 0.2) is 0 Å². The summed E-state index contributed by atoms with van der Waals surface area (Å²) < 4.78 is 5.35. The number of urea groups is 1. The molecule has 0 aromatic heterocycles. The third-order valence-electron chi connectivity index (χ3n) is 3.63. The van der Waals surface area contributed by atoms with Crippen molar-refractivity contribution in [1.29, 1.82) is 0 Å².